The second kappa shape index (κ2) is 10.9. The minimum atomic E-state index is -0.0954. The number of morpholine rings is 1. The predicted molar refractivity (Wildman–Crippen MR) is 140 cm³/mol. The second-order valence-corrected chi connectivity index (χ2v) is 10.1. The summed E-state index contributed by atoms with van der Waals surface area (Å²) in [7, 11) is 1.61. The molecule has 3 heterocycles. The molecule has 1 N–H and O–H groups in total. The second-order valence-electron chi connectivity index (χ2n) is 9.01. The molecule has 1 aliphatic heterocycles. The van der Waals surface area contributed by atoms with Gasteiger partial charge in [-0.1, -0.05) is 12.1 Å². The van der Waals surface area contributed by atoms with E-state index in [1.54, 1.807) is 18.4 Å². The lowest BCUT2D eigenvalue weighted by atomic mass is 9.97. The number of methoxy groups -OCH3 is 1. The van der Waals surface area contributed by atoms with Gasteiger partial charge in [-0.3, -0.25) is 9.69 Å². The SMILES string of the molecule is CCN(CC(=O)Nc1ccccc1OC)c1nc(CN2CCOCC2)nc2sc3c(c12)CCCC3. The Bertz CT molecular complexity index is 1190. The van der Waals surface area contributed by atoms with E-state index in [4.69, 9.17) is 19.4 Å². The van der Waals surface area contributed by atoms with Crippen LogP contribution in [0.2, 0.25) is 0 Å². The number of anilines is 2. The quantitative estimate of drug-likeness (QED) is 0.508. The molecule has 2 aliphatic rings. The fourth-order valence-electron chi connectivity index (χ4n) is 4.89. The molecule has 1 amide bonds. The monoisotopic (exact) mass is 495 g/mol. The van der Waals surface area contributed by atoms with Gasteiger partial charge in [0.25, 0.3) is 0 Å². The van der Waals surface area contributed by atoms with Crippen molar-refractivity contribution in [3.8, 4) is 5.75 Å². The van der Waals surface area contributed by atoms with E-state index < -0.39 is 0 Å². The number of nitrogens with zero attached hydrogens (tertiary/aromatic N) is 4. The van der Waals surface area contributed by atoms with E-state index in [2.05, 4.69) is 22.0 Å². The Morgan fingerprint density at radius 3 is 2.80 bits per heavy atom. The summed E-state index contributed by atoms with van der Waals surface area (Å²) in [5.41, 5.74) is 2.05. The summed E-state index contributed by atoms with van der Waals surface area (Å²) in [5, 5.41) is 4.15. The molecule has 0 saturated carbocycles. The molecule has 0 spiro atoms. The van der Waals surface area contributed by atoms with Gasteiger partial charge in [-0.05, 0) is 50.3 Å². The average molecular weight is 496 g/mol. The van der Waals surface area contributed by atoms with Crippen LogP contribution in [0.4, 0.5) is 11.5 Å². The average Bonchev–Trinajstić information content (AvgIpc) is 3.26. The Labute approximate surface area is 210 Å². The fourth-order valence-corrected chi connectivity index (χ4v) is 6.16. The van der Waals surface area contributed by atoms with Crippen LogP contribution in [-0.4, -0.2) is 67.3 Å². The van der Waals surface area contributed by atoms with E-state index >= 15 is 0 Å². The predicted octanol–water partition coefficient (Wildman–Crippen LogP) is 3.88. The van der Waals surface area contributed by atoms with Crippen LogP contribution < -0.4 is 15.0 Å². The van der Waals surface area contributed by atoms with E-state index in [1.165, 1.54) is 23.3 Å². The smallest absolute Gasteiger partial charge is 0.244 e. The molecule has 35 heavy (non-hydrogen) atoms. The Morgan fingerprint density at radius 2 is 2.00 bits per heavy atom. The van der Waals surface area contributed by atoms with Crippen LogP contribution in [0.15, 0.2) is 24.3 Å². The molecule has 0 atom stereocenters. The number of carbonyl (C=O) groups is 1. The molecule has 5 rings (SSSR count). The number of nitrogens with one attached hydrogen (secondary N) is 1. The lowest BCUT2D eigenvalue weighted by Crippen LogP contribution is -2.37. The fraction of sp³-hybridized carbons (Fsp3) is 0.500. The highest BCUT2D eigenvalue weighted by Crippen LogP contribution is 2.40. The van der Waals surface area contributed by atoms with Crippen LogP contribution in [0.5, 0.6) is 5.75 Å². The van der Waals surface area contributed by atoms with Crippen LogP contribution in [0.25, 0.3) is 10.2 Å². The third kappa shape index (κ3) is 5.27. The van der Waals surface area contributed by atoms with Crippen molar-refractivity contribution in [2.45, 2.75) is 39.2 Å². The Morgan fingerprint density at radius 1 is 1.20 bits per heavy atom. The Balaban J connectivity index is 1.46. The van der Waals surface area contributed by atoms with Crippen LogP contribution in [0.1, 0.15) is 36.0 Å². The first-order chi connectivity index (χ1) is 17.2. The van der Waals surface area contributed by atoms with Crippen molar-refractivity contribution in [1.82, 2.24) is 14.9 Å². The molecule has 1 saturated heterocycles. The minimum Gasteiger partial charge on any atom is -0.495 e. The number of carbonyl (C=O) groups excluding carboxylic acids is 1. The van der Waals surface area contributed by atoms with Crippen molar-refractivity contribution < 1.29 is 14.3 Å². The lowest BCUT2D eigenvalue weighted by molar-refractivity contribution is -0.115. The van der Waals surface area contributed by atoms with Gasteiger partial charge in [-0.2, -0.15) is 0 Å². The lowest BCUT2D eigenvalue weighted by Gasteiger charge is -2.27. The molecule has 1 aromatic carbocycles. The highest BCUT2D eigenvalue weighted by Gasteiger charge is 2.25. The first kappa shape index (κ1) is 24.0. The number of rotatable bonds is 8. The molecule has 1 fully saturated rings. The molecule has 0 unspecified atom stereocenters. The summed E-state index contributed by atoms with van der Waals surface area (Å²) in [6, 6.07) is 7.47. The van der Waals surface area contributed by atoms with E-state index in [9.17, 15) is 4.79 Å². The van der Waals surface area contributed by atoms with E-state index in [-0.39, 0.29) is 12.5 Å². The van der Waals surface area contributed by atoms with E-state index in [0.717, 1.165) is 61.0 Å². The number of hydrogen-bond donors (Lipinski definition) is 1. The number of thiophene rings is 1. The van der Waals surface area contributed by atoms with Gasteiger partial charge < -0.3 is 19.7 Å². The number of ether oxygens (including phenoxy) is 2. The number of amides is 1. The number of benzene rings is 1. The van der Waals surface area contributed by atoms with Crippen molar-refractivity contribution in [2.24, 2.45) is 0 Å². The third-order valence-corrected chi connectivity index (χ3v) is 7.89. The standard InChI is InChI=1S/C26H33N5O3S/c1-3-31(17-23(32)27-19-9-5-6-10-20(19)33-2)25-24-18-8-4-7-11-21(18)35-26(24)29-22(28-25)16-30-12-14-34-15-13-30/h5-6,9-10H,3-4,7-8,11-17H2,1-2H3,(H,27,32). The summed E-state index contributed by atoms with van der Waals surface area (Å²) >= 11 is 1.81. The van der Waals surface area contributed by atoms with E-state index in [1.807, 2.05) is 24.3 Å². The maximum atomic E-state index is 13.1. The largest absolute Gasteiger partial charge is 0.495 e. The van der Waals surface area contributed by atoms with Gasteiger partial charge >= 0.3 is 0 Å². The summed E-state index contributed by atoms with van der Waals surface area (Å²) in [6.07, 6.45) is 4.57. The van der Waals surface area contributed by atoms with Gasteiger partial charge in [0.05, 0.1) is 44.5 Å². The van der Waals surface area contributed by atoms with Gasteiger partial charge in [-0.15, -0.1) is 11.3 Å². The van der Waals surface area contributed by atoms with Crippen LogP contribution in [0.3, 0.4) is 0 Å². The topological polar surface area (TPSA) is 79.8 Å². The summed E-state index contributed by atoms with van der Waals surface area (Å²) in [6.45, 7) is 6.91. The molecule has 1 aliphatic carbocycles. The summed E-state index contributed by atoms with van der Waals surface area (Å²) in [5.74, 6) is 2.25. The number of aromatic nitrogens is 2. The van der Waals surface area contributed by atoms with Gasteiger partial charge in [0, 0.05) is 24.5 Å². The molecule has 0 radical (unpaired) electrons. The van der Waals surface area contributed by atoms with Gasteiger partial charge in [0.2, 0.25) is 5.91 Å². The van der Waals surface area contributed by atoms with Crippen molar-refractivity contribution >= 4 is 39.0 Å². The Kier molecular flexibility index (Phi) is 7.46. The highest BCUT2D eigenvalue weighted by molar-refractivity contribution is 7.19. The number of fused-ring (bicyclic) bond motifs is 3. The van der Waals surface area contributed by atoms with Crippen molar-refractivity contribution in [2.75, 3.05) is 56.7 Å². The van der Waals surface area contributed by atoms with Gasteiger partial charge in [0.15, 0.2) is 0 Å². The van der Waals surface area contributed by atoms with Gasteiger partial charge in [-0.25, -0.2) is 9.97 Å². The molecule has 3 aromatic rings. The number of hydrogen-bond acceptors (Lipinski definition) is 8. The zero-order valence-corrected chi connectivity index (χ0v) is 21.3. The third-order valence-electron chi connectivity index (χ3n) is 6.71. The number of likely N-dealkylation sites (N-methyl/N-ethyl adjacent to an activating group) is 1. The van der Waals surface area contributed by atoms with Crippen LogP contribution in [-0.2, 0) is 28.9 Å². The number of para-hydroxylation sites is 2. The van der Waals surface area contributed by atoms with Crippen molar-refractivity contribution in [1.29, 1.82) is 0 Å². The van der Waals surface area contributed by atoms with Crippen LogP contribution in [0, 0.1) is 0 Å². The molecular formula is C26H33N5O3S. The molecular weight excluding hydrogens is 462 g/mol. The van der Waals surface area contributed by atoms with Crippen molar-refractivity contribution in [3.63, 3.8) is 0 Å². The number of aryl methyl sites for hydroxylation is 2. The van der Waals surface area contributed by atoms with E-state index in [0.29, 0.717) is 24.5 Å². The zero-order chi connectivity index (χ0) is 24.2. The summed E-state index contributed by atoms with van der Waals surface area (Å²) in [4.78, 5) is 30.1. The molecule has 9 heteroatoms. The van der Waals surface area contributed by atoms with Crippen LogP contribution >= 0.6 is 11.3 Å². The first-order valence-corrected chi connectivity index (χ1v) is 13.3. The first-order valence-electron chi connectivity index (χ1n) is 12.4. The normalized spacial score (nSPS) is 16.2. The summed E-state index contributed by atoms with van der Waals surface area (Å²) < 4.78 is 10.9. The highest BCUT2D eigenvalue weighted by atomic mass is 32.1. The zero-order valence-electron chi connectivity index (χ0n) is 20.5. The molecule has 2 aromatic heterocycles. The maximum absolute atomic E-state index is 13.1. The maximum Gasteiger partial charge on any atom is 0.244 e. The molecule has 8 nitrogen and oxygen atoms in total. The van der Waals surface area contributed by atoms with Crippen molar-refractivity contribution in [3.05, 3.63) is 40.5 Å². The molecule has 186 valence electrons. The molecule has 0 bridgehead atoms. The minimum absolute atomic E-state index is 0.0954. The Hall–Kier alpha value is -2.75. The van der Waals surface area contributed by atoms with Gasteiger partial charge in [0.1, 0.15) is 22.2 Å².